The van der Waals surface area contributed by atoms with E-state index < -0.39 is 64.4 Å². The minimum Gasteiger partial charge on any atom is -0.507 e. The van der Waals surface area contributed by atoms with Crippen LogP contribution in [-0.2, 0) is 32.1 Å². The van der Waals surface area contributed by atoms with Crippen molar-refractivity contribution < 1.29 is 38.6 Å². The molecule has 0 radical (unpaired) electrons. The quantitative estimate of drug-likeness (QED) is 0.341. The van der Waals surface area contributed by atoms with Gasteiger partial charge in [0.15, 0.2) is 34.7 Å². The summed E-state index contributed by atoms with van der Waals surface area (Å²) in [5, 5.41) is 22.6. The molecule has 0 bridgehead atoms. The Labute approximate surface area is 248 Å². The van der Waals surface area contributed by atoms with Crippen molar-refractivity contribution in [2.45, 2.75) is 57.0 Å². The highest BCUT2D eigenvalue weighted by Gasteiger charge is 2.69. The van der Waals surface area contributed by atoms with Gasteiger partial charge >= 0.3 is 0 Å². The first-order valence-corrected chi connectivity index (χ1v) is 14.5. The van der Waals surface area contributed by atoms with E-state index in [0.29, 0.717) is 23.4 Å². The average Bonchev–Trinajstić information content (AvgIpc) is 3.52. The number of rotatable bonds is 5. The Balaban J connectivity index is 1.43. The van der Waals surface area contributed by atoms with E-state index in [-0.39, 0.29) is 36.2 Å². The van der Waals surface area contributed by atoms with E-state index in [1.54, 1.807) is 26.4 Å². The van der Waals surface area contributed by atoms with E-state index in [2.05, 4.69) is 30.9 Å². The third-order valence-electron chi connectivity index (χ3n) is 10.0. The van der Waals surface area contributed by atoms with Gasteiger partial charge in [0.05, 0.1) is 23.8 Å². The highest BCUT2D eigenvalue weighted by Crippen LogP contribution is 2.52. The number of furan rings is 1. The molecule has 2 aromatic rings. The van der Waals surface area contributed by atoms with Crippen LogP contribution < -0.4 is 5.73 Å². The molecule has 2 heterocycles. The van der Waals surface area contributed by atoms with Crippen LogP contribution in [0.3, 0.4) is 0 Å². The summed E-state index contributed by atoms with van der Waals surface area (Å²) in [6.07, 6.45) is 6.00. The predicted octanol–water partition coefficient (Wildman–Crippen LogP) is 1.28. The van der Waals surface area contributed by atoms with Crippen LogP contribution in [0.4, 0.5) is 0 Å². The second-order valence-corrected chi connectivity index (χ2v) is 12.6. The molecule has 8 atom stereocenters. The molecule has 4 aliphatic rings. The first-order valence-electron chi connectivity index (χ1n) is 14.5. The fraction of sp³-hybridized carbons (Fsp3) is 0.469. The number of aromatic hydroxyl groups is 1. The van der Waals surface area contributed by atoms with Gasteiger partial charge in [-0.1, -0.05) is 12.2 Å². The minimum absolute atomic E-state index is 0.0154. The number of nitrogens with two attached hydrogens (primary N) is 1. The highest BCUT2D eigenvalue weighted by molar-refractivity contribution is 6.32. The first-order chi connectivity index (χ1) is 20.3. The van der Waals surface area contributed by atoms with Crippen molar-refractivity contribution in [2.75, 3.05) is 14.1 Å². The number of phenolic OH excluding ortho intramolecular Hbond substituents is 1. The first kappa shape index (κ1) is 29.2. The zero-order chi connectivity index (χ0) is 31.1. The topological polar surface area (TPSA) is 171 Å². The number of carbonyl (C=O) groups excluding carboxylic acids is 5. The number of phenols is 1. The molecular formula is C32H35N3O8. The van der Waals surface area contributed by atoms with Crippen LogP contribution in [0.1, 0.15) is 41.8 Å². The molecule has 1 amide bonds. The maximum absolute atomic E-state index is 14.1. The molecule has 43 heavy (non-hydrogen) atoms. The lowest BCUT2D eigenvalue weighted by Crippen LogP contribution is -2.74. The van der Waals surface area contributed by atoms with Crippen LogP contribution in [0.25, 0.3) is 11.3 Å². The molecule has 6 rings (SSSR count). The molecular weight excluding hydrogens is 554 g/mol. The number of benzene rings is 1. The van der Waals surface area contributed by atoms with Gasteiger partial charge in [0.25, 0.3) is 0 Å². The average molecular weight is 590 g/mol. The number of aliphatic hydroxyl groups is 1. The Morgan fingerprint density at radius 3 is 2.40 bits per heavy atom. The van der Waals surface area contributed by atoms with Crippen LogP contribution in [-0.4, -0.2) is 86.9 Å². The van der Waals surface area contributed by atoms with Gasteiger partial charge in [-0.25, -0.2) is 0 Å². The van der Waals surface area contributed by atoms with Crippen LogP contribution in [0.2, 0.25) is 0 Å². The molecule has 4 unspecified atom stereocenters. The highest BCUT2D eigenvalue weighted by atomic mass is 16.3. The van der Waals surface area contributed by atoms with Gasteiger partial charge in [-0.3, -0.25) is 33.8 Å². The maximum atomic E-state index is 14.1. The van der Waals surface area contributed by atoms with Crippen LogP contribution in [0.5, 0.6) is 5.75 Å². The number of nitrogens with zero attached hydrogens (tertiary/aromatic N) is 2. The molecule has 1 aromatic carbocycles. The van der Waals surface area contributed by atoms with Crippen molar-refractivity contribution in [2.24, 2.45) is 29.4 Å². The zero-order valence-electron chi connectivity index (χ0n) is 24.4. The fourth-order valence-corrected chi connectivity index (χ4v) is 7.91. The van der Waals surface area contributed by atoms with E-state index >= 15 is 0 Å². The molecule has 0 spiro atoms. The van der Waals surface area contributed by atoms with Crippen molar-refractivity contribution in [3.8, 4) is 17.1 Å². The Kier molecular flexibility index (Phi) is 6.83. The molecule has 1 aromatic heterocycles. The minimum atomic E-state index is -2.75. The largest absolute Gasteiger partial charge is 0.507 e. The normalized spacial score (nSPS) is 34.0. The van der Waals surface area contributed by atoms with Crippen molar-refractivity contribution in [3.63, 3.8) is 0 Å². The lowest BCUT2D eigenvalue weighted by atomic mass is 9.52. The third-order valence-corrected chi connectivity index (χ3v) is 10.0. The van der Waals surface area contributed by atoms with Crippen LogP contribution >= 0.6 is 0 Å². The van der Waals surface area contributed by atoms with E-state index in [0.717, 1.165) is 5.56 Å². The number of likely N-dealkylation sites (N-methyl/N-ethyl adjacent to an activating group) is 1. The maximum Gasteiger partial charge on any atom is 0.235 e. The van der Waals surface area contributed by atoms with E-state index in [1.807, 2.05) is 6.07 Å². The Morgan fingerprint density at radius 2 is 1.77 bits per heavy atom. The molecule has 1 aliphatic heterocycles. The number of carbonyl (C=O) groups is 5. The molecule has 3 aliphatic carbocycles. The monoisotopic (exact) mass is 589 g/mol. The number of fused-ring (bicyclic) bond motifs is 3. The molecule has 11 heteroatoms. The molecule has 4 N–H and O–H groups in total. The Bertz CT molecular complexity index is 1600. The number of amides is 1. The SMILES string of the molecule is CC1C=CC(C)N1Cc1ccoc1-c1ccc(O)c2c1C[C@H]1C[C@H]3[C@H](N(C)C)C(=O)C(C(N)=O)C(=O)[C@@]3(O)C(=O)C1C2=O. The lowest BCUT2D eigenvalue weighted by Gasteiger charge is -2.52. The third kappa shape index (κ3) is 4.09. The van der Waals surface area contributed by atoms with E-state index in [9.17, 15) is 34.2 Å². The van der Waals surface area contributed by atoms with Gasteiger partial charge in [0.2, 0.25) is 5.91 Å². The van der Waals surface area contributed by atoms with Gasteiger partial charge in [0.1, 0.15) is 11.5 Å². The van der Waals surface area contributed by atoms with Gasteiger partial charge in [-0.15, -0.1) is 0 Å². The molecule has 2 saturated carbocycles. The van der Waals surface area contributed by atoms with Gasteiger partial charge in [-0.05, 0) is 70.5 Å². The number of hydrogen-bond donors (Lipinski definition) is 3. The Morgan fingerprint density at radius 1 is 1.09 bits per heavy atom. The number of primary amides is 1. The van der Waals surface area contributed by atoms with E-state index in [4.69, 9.17) is 10.2 Å². The molecule has 2 fully saturated rings. The van der Waals surface area contributed by atoms with Crippen molar-refractivity contribution in [3.05, 3.63) is 53.3 Å². The molecule has 11 nitrogen and oxygen atoms in total. The van der Waals surface area contributed by atoms with Crippen molar-refractivity contribution >= 4 is 29.0 Å². The van der Waals surface area contributed by atoms with Gasteiger partial charge in [-0.2, -0.15) is 0 Å². The summed E-state index contributed by atoms with van der Waals surface area (Å²) in [5.74, 6) is -10.2. The molecule has 226 valence electrons. The summed E-state index contributed by atoms with van der Waals surface area (Å²) < 4.78 is 5.96. The standard InChI is InChI=1S/C32H35N3O8/c1-14-5-6-15(2)35(14)13-16-9-10-43-28(16)18-7-8-21(36)23-19(18)11-17-12-20-25(34(3)4)27(38)24(31(33)41)30(40)32(20,42)29(39)22(17)26(23)37/h5-10,14-15,17,20,22,24-25,36,42H,11-13H2,1-4H3,(H2,33,41)/t14?,15?,17-,20-,22?,24?,25-,32-/m0/s1. The van der Waals surface area contributed by atoms with Crippen LogP contribution in [0, 0.1) is 23.7 Å². The number of Topliss-reactive ketones (excluding diaryl/α,β-unsaturated/α-hetero) is 4. The van der Waals surface area contributed by atoms with Crippen molar-refractivity contribution in [1.82, 2.24) is 9.80 Å². The lowest BCUT2D eigenvalue weighted by molar-refractivity contribution is -0.181. The summed E-state index contributed by atoms with van der Waals surface area (Å²) in [6, 6.07) is 4.23. The van der Waals surface area contributed by atoms with Gasteiger partial charge in [0, 0.05) is 35.7 Å². The van der Waals surface area contributed by atoms with Crippen molar-refractivity contribution in [1.29, 1.82) is 0 Å². The second-order valence-electron chi connectivity index (χ2n) is 12.6. The smallest absolute Gasteiger partial charge is 0.235 e. The second kappa shape index (κ2) is 10.1. The summed E-state index contributed by atoms with van der Waals surface area (Å²) >= 11 is 0. The molecule has 0 saturated heterocycles. The predicted molar refractivity (Wildman–Crippen MR) is 153 cm³/mol. The van der Waals surface area contributed by atoms with E-state index in [1.165, 1.54) is 11.0 Å². The Hall–Kier alpha value is -3.93. The summed E-state index contributed by atoms with van der Waals surface area (Å²) in [6.45, 7) is 4.80. The van der Waals surface area contributed by atoms with Crippen LogP contribution in [0.15, 0.2) is 41.0 Å². The number of hydrogen-bond acceptors (Lipinski definition) is 10. The summed E-state index contributed by atoms with van der Waals surface area (Å²) in [5.41, 5.74) is 4.58. The zero-order valence-corrected chi connectivity index (χ0v) is 24.4. The van der Waals surface area contributed by atoms with Gasteiger partial charge < -0.3 is 20.4 Å². The summed E-state index contributed by atoms with van der Waals surface area (Å²) in [4.78, 5) is 70.8. The number of ketones is 4. The fourth-order valence-electron chi connectivity index (χ4n) is 7.91. The summed E-state index contributed by atoms with van der Waals surface area (Å²) in [7, 11) is 3.11.